The fourth-order valence-corrected chi connectivity index (χ4v) is 2.51. The van der Waals surface area contributed by atoms with Gasteiger partial charge in [0.1, 0.15) is 0 Å². The lowest BCUT2D eigenvalue weighted by molar-refractivity contribution is 1.51. The molecule has 22 heavy (non-hydrogen) atoms. The maximum Gasteiger partial charge on any atom is -0.0178 e. The second-order valence-electron chi connectivity index (χ2n) is 5.27. The molecule has 0 aromatic heterocycles. The molecule has 0 N–H and O–H groups in total. The number of benzene rings is 3. The first-order chi connectivity index (χ1) is 10.8. The third-order valence-electron chi connectivity index (χ3n) is 3.80. The van der Waals surface area contributed by atoms with E-state index in [1.54, 1.807) is 0 Å². The van der Waals surface area contributed by atoms with Crippen LogP contribution < -0.4 is 0 Å². The van der Waals surface area contributed by atoms with E-state index >= 15 is 0 Å². The maximum absolute atomic E-state index is 4.24. The predicted octanol–water partition coefficient (Wildman–Crippen LogP) is 5.81. The van der Waals surface area contributed by atoms with Crippen LogP contribution in [0.4, 0.5) is 0 Å². The minimum absolute atomic E-state index is 1.03. The van der Waals surface area contributed by atoms with Crippen molar-refractivity contribution >= 4 is 11.1 Å². The van der Waals surface area contributed by atoms with Crippen molar-refractivity contribution in [1.82, 2.24) is 0 Å². The average Bonchev–Trinajstić information content (AvgIpc) is 2.62. The molecule has 0 fully saturated rings. The summed E-state index contributed by atoms with van der Waals surface area (Å²) in [5.41, 5.74) is 6.60. The quantitative estimate of drug-likeness (QED) is 0.566. The first-order valence-electron chi connectivity index (χ1n) is 7.35. The van der Waals surface area contributed by atoms with Crippen molar-refractivity contribution in [3.8, 4) is 0 Å². The van der Waals surface area contributed by atoms with Gasteiger partial charge in [-0.25, -0.2) is 0 Å². The topological polar surface area (TPSA) is 0 Å². The molecule has 3 rings (SSSR count). The molecule has 0 radical (unpaired) electrons. The summed E-state index contributed by atoms with van der Waals surface area (Å²) >= 11 is 0. The highest BCUT2D eigenvalue weighted by molar-refractivity contribution is 5.83. The monoisotopic (exact) mass is 282 g/mol. The normalized spacial score (nSPS) is 10.2. The standard InChI is InChI=1S/C22H18/c1-17(19-10-5-3-6-11-19)21-14-9-15-22(16-21)18(2)20-12-7-4-8-13-20/h3-16H,1-2H2. The number of hydrogen-bond donors (Lipinski definition) is 0. The Morgan fingerprint density at radius 3 is 1.23 bits per heavy atom. The fraction of sp³-hybridized carbons (Fsp3) is 0. The second-order valence-corrected chi connectivity index (χ2v) is 5.27. The first-order valence-corrected chi connectivity index (χ1v) is 7.35. The van der Waals surface area contributed by atoms with Gasteiger partial charge in [0, 0.05) is 0 Å². The number of rotatable bonds is 4. The molecule has 0 bridgehead atoms. The molecule has 0 aliphatic rings. The van der Waals surface area contributed by atoms with E-state index in [1.165, 1.54) is 0 Å². The van der Waals surface area contributed by atoms with Crippen LogP contribution in [0, 0.1) is 0 Å². The molecule has 0 heterocycles. The van der Waals surface area contributed by atoms with Crippen molar-refractivity contribution in [2.24, 2.45) is 0 Å². The minimum Gasteiger partial charge on any atom is -0.0906 e. The molecule has 0 atom stereocenters. The van der Waals surface area contributed by atoms with Gasteiger partial charge in [-0.15, -0.1) is 0 Å². The smallest absolute Gasteiger partial charge is 0.0178 e. The Bertz CT molecular complexity index is 729. The molecule has 0 nitrogen and oxygen atoms in total. The van der Waals surface area contributed by atoms with Crippen LogP contribution in [-0.4, -0.2) is 0 Å². The molecule has 3 aromatic carbocycles. The number of hydrogen-bond acceptors (Lipinski definition) is 0. The van der Waals surface area contributed by atoms with Gasteiger partial charge in [0.15, 0.2) is 0 Å². The highest BCUT2D eigenvalue weighted by atomic mass is 14.1. The molecule has 0 saturated heterocycles. The van der Waals surface area contributed by atoms with Crippen molar-refractivity contribution in [3.63, 3.8) is 0 Å². The highest BCUT2D eigenvalue weighted by Gasteiger charge is 2.06. The van der Waals surface area contributed by atoms with Crippen LogP contribution in [0.3, 0.4) is 0 Å². The minimum atomic E-state index is 1.03. The summed E-state index contributed by atoms with van der Waals surface area (Å²) in [6.45, 7) is 8.48. The summed E-state index contributed by atoms with van der Waals surface area (Å²) in [5.74, 6) is 0. The van der Waals surface area contributed by atoms with Crippen molar-refractivity contribution in [1.29, 1.82) is 0 Å². The van der Waals surface area contributed by atoms with Crippen LogP contribution in [0.25, 0.3) is 11.1 Å². The Hall–Kier alpha value is -2.86. The zero-order chi connectivity index (χ0) is 15.4. The van der Waals surface area contributed by atoms with Crippen LogP contribution in [0.5, 0.6) is 0 Å². The van der Waals surface area contributed by atoms with Gasteiger partial charge in [-0.2, -0.15) is 0 Å². The van der Waals surface area contributed by atoms with Crippen molar-refractivity contribution in [2.45, 2.75) is 0 Å². The van der Waals surface area contributed by atoms with Crippen LogP contribution in [-0.2, 0) is 0 Å². The lowest BCUT2D eigenvalue weighted by atomic mass is 9.94. The summed E-state index contributed by atoms with van der Waals surface area (Å²) in [7, 11) is 0. The Balaban J connectivity index is 1.94. The van der Waals surface area contributed by atoms with Gasteiger partial charge in [0.2, 0.25) is 0 Å². The molecule has 106 valence electrons. The van der Waals surface area contributed by atoms with Crippen molar-refractivity contribution in [2.75, 3.05) is 0 Å². The van der Waals surface area contributed by atoms with Crippen LogP contribution in [0.1, 0.15) is 22.3 Å². The van der Waals surface area contributed by atoms with E-state index in [9.17, 15) is 0 Å². The molecule has 3 aromatic rings. The Morgan fingerprint density at radius 2 is 0.818 bits per heavy atom. The van der Waals surface area contributed by atoms with Gasteiger partial charge >= 0.3 is 0 Å². The van der Waals surface area contributed by atoms with Gasteiger partial charge in [0.25, 0.3) is 0 Å². The lowest BCUT2D eigenvalue weighted by Gasteiger charge is -2.11. The highest BCUT2D eigenvalue weighted by Crippen LogP contribution is 2.26. The van der Waals surface area contributed by atoms with E-state index in [1.807, 2.05) is 36.4 Å². The van der Waals surface area contributed by atoms with E-state index < -0.39 is 0 Å². The lowest BCUT2D eigenvalue weighted by Crippen LogP contribution is -1.90. The van der Waals surface area contributed by atoms with Crippen LogP contribution in [0.2, 0.25) is 0 Å². The second kappa shape index (κ2) is 6.28. The SMILES string of the molecule is C=C(c1ccccc1)c1cccc(C(=C)c2ccccc2)c1. The zero-order valence-corrected chi connectivity index (χ0v) is 12.5. The van der Waals surface area contributed by atoms with E-state index in [-0.39, 0.29) is 0 Å². The zero-order valence-electron chi connectivity index (χ0n) is 12.5. The third-order valence-corrected chi connectivity index (χ3v) is 3.80. The predicted molar refractivity (Wildman–Crippen MR) is 95.6 cm³/mol. The van der Waals surface area contributed by atoms with Gasteiger partial charge in [0.05, 0.1) is 0 Å². The molecule has 0 heteroatoms. The summed E-state index contributed by atoms with van der Waals surface area (Å²) < 4.78 is 0. The largest absolute Gasteiger partial charge is 0.0906 e. The summed E-state index contributed by atoms with van der Waals surface area (Å²) in [6.07, 6.45) is 0. The first kappa shape index (κ1) is 14.1. The molecule has 0 aliphatic heterocycles. The Labute approximate surface area is 132 Å². The van der Waals surface area contributed by atoms with E-state index in [2.05, 4.69) is 61.7 Å². The molecular weight excluding hydrogens is 264 g/mol. The average molecular weight is 282 g/mol. The molecule has 0 aliphatic carbocycles. The molecule has 0 unspecified atom stereocenters. The Morgan fingerprint density at radius 1 is 0.455 bits per heavy atom. The van der Waals surface area contributed by atoms with E-state index in [0.29, 0.717) is 0 Å². The van der Waals surface area contributed by atoms with Gasteiger partial charge in [-0.05, 0) is 39.5 Å². The molecule has 0 spiro atoms. The maximum atomic E-state index is 4.24. The molecular formula is C22H18. The van der Waals surface area contributed by atoms with Gasteiger partial charge < -0.3 is 0 Å². The van der Waals surface area contributed by atoms with E-state index in [0.717, 1.165) is 33.4 Å². The fourth-order valence-electron chi connectivity index (χ4n) is 2.51. The summed E-state index contributed by atoms with van der Waals surface area (Å²) in [6, 6.07) is 28.9. The summed E-state index contributed by atoms with van der Waals surface area (Å²) in [4.78, 5) is 0. The van der Waals surface area contributed by atoms with Crippen LogP contribution in [0.15, 0.2) is 98.1 Å². The van der Waals surface area contributed by atoms with Gasteiger partial charge in [-0.1, -0.05) is 92.0 Å². The van der Waals surface area contributed by atoms with Crippen LogP contribution >= 0.6 is 0 Å². The summed E-state index contributed by atoms with van der Waals surface area (Å²) in [5, 5.41) is 0. The molecule has 0 amide bonds. The third kappa shape index (κ3) is 2.91. The Kier molecular flexibility index (Phi) is 4.02. The van der Waals surface area contributed by atoms with Crippen molar-refractivity contribution in [3.05, 3.63) is 120 Å². The molecule has 0 saturated carbocycles. The van der Waals surface area contributed by atoms with Gasteiger partial charge in [-0.3, -0.25) is 0 Å². The van der Waals surface area contributed by atoms with Crippen molar-refractivity contribution < 1.29 is 0 Å². The van der Waals surface area contributed by atoms with E-state index in [4.69, 9.17) is 0 Å².